The Morgan fingerprint density at radius 1 is 1.32 bits per heavy atom. The number of phenolic OH excluding ortho intramolecular Hbond substituents is 1. The summed E-state index contributed by atoms with van der Waals surface area (Å²) in [5.41, 5.74) is 5.42. The molecule has 0 unspecified atom stereocenters. The van der Waals surface area contributed by atoms with Gasteiger partial charge in [-0.05, 0) is 18.2 Å². The molecule has 0 saturated carbocycles. The van der Waals surface area contributed by atoms with Crippen molar-refractivity contribution in [2.24, 2.45) is 5.84 Å². The van der Waals surface area contributed by atoms with Gasteiger partial charge in [-0.1, -0.05) is 11.6 Å². The van der Waals surface area contributed by atoms with E-state index in [1.165, 1.54) is 6.07 Å². The summed E-state index contributed by atoms with van der Waals surface area (Å²) < 4.78 is 0. The minimum absolute atomic E-state index is 0.0410. The van der Waals surface area contributed by atoms with Crippen molar-refractivity contribution in [1.29, 1.82) is 0 Å². The highest BCUT2D eigenvalue weighted by molar-refractivity contribution is 7.98. The first-order valence-corrected chi connectivity index (χ1v) is 7.15. The number of benzene rings is 1. The lowest BCUT2D eigenvalue weighted by Crippen LogP contribution is -2.12. The van der Waals surface area contributed by atoms with Crippen molar-refractivity contribution in [2.75, 3.05) is 5.43 Å². The molecule has 2 aromatic rings. The van der Waals surface area contributed by atoms with Crippen molar-refractivity contribution >= 4 is 29.2 Å². The summed E-state index contributed by atoms with van der Waals surface area (Å²) in [5, 5.41) is 9.71. The number of hydrogen-bond acceptors (Lipinski definition) is 6. The standard InChI is InChI=1S/C12H11ClN4OS/c13-8-3-6(1-2-10(8)18)11-15-9-5-19-4-7(9)12(16-11)17-14/h1-3,18H,4-5,14H2,(H,15,16,17). The van der Waals surface area contributed by atoms with Gasteiger partial charge in [0.2, 0.25) is 0 Å². The van der Waals surface area contributed by atoms with Gasteiger partial charge < -0.3 is 10.5 Å². The van der Waals surface area contributed by atoms with Crippen LogP contribution in [0.5, 0.6) is 5.75 Å². The average molecular weight is 295 g/mol. The van der Waals surface area contributed by atoms with E-state index in [1.807, 2.05) is 0 Å². The van der Waals surface area contributed by atoms with E-state index < -0.39 is 0 Å². The van der Waals surface area contributed by atoms with E-state index in [-0.39, 0.29) is 10.8 Å². The highest BCUT2D eigenvalue weighted by Crippen LogP contribution is 2.35. The molecule has 7 heteroatoms. The summed E-state index contributed by atoms with van der Waals surface area (Å²) in [6.07, 6.45) is 0. The van der Waals surface area contributed by atoms with Crippen LogP contribution in [-0.2, 0) is 11.5 Å². The van der Waals surface area contributed by atoms with Crippen LogP contribution in [0.1, 0.15) is 11.3 Å². The summed E-state index contributed by atoms with van der Waals surface area (Å²) in [6, 6.07) is 4.89. The highest BCUT2D eigenvalue weighted by Gasteiger charge is 2.20. The van der Waals surface area contributed by atoms with E-state index in [4.69, 9.17) is 17.4 Å². The third-order valence-corrected chi connectivity index (χ3v) is 4.19. The summed E-state index contributed by atoms with van der Waals surface area (Å²) in [5.74, 6) is 8.47. The zero-order valence-corrected chi connectivity index (χ0v) is 11.4. The van der Waals surface area contributed by atoms with Gasteiger partial charge in [0.1, 0.15) is 11.6 Å². The second-order valence-corrected chi connectivity index (χ2v) is 5.52. The largest absolute Gasteiger partial charge is 0.506 e. The molecule has 1 aromatic heterocycles. The SMILES string of the molecule is NNc1nc(-c2ccc(O)c(Cl)c2)nc2c1CSC2. The van der Waals surface area contributed by atoms with Gasteiger partial charge in [-0.25, -0.2) is 15.8 Å². The number of fused-ring (bicyclic) bond motifs is 1. The second kappa shape index (κ2) is 4.88. The molecule has 98 valence electrons. The van der Waals surface area contributed by atoms with Crippen LogP contribution in [0.15, 0.2) is 18.2 Å². The fourth-order valence-corrected chi connectivity index (χ4v) is 3.17. The third kappa shape index (κ3) is 2.22. The number of thioether (sulfide) groups is 1. The molecular weight excluding hydrogens is 284 g/mol. The van der Waals surface area contributed by atoms with Crippen LogP contribution < -0.4 is 11.3 Å². The number of nitrogens with two attached hydrogens (primary N) is 1. The number of hydrogen-bond donors (Lipinski definition) is 3. The lowest BCUT2D eigenvalue weighted by atomic mass is 10.2. The van der Waals surface area contributed by atoms with Crippen LogP contribution in [0.4, 0.5) is 5.82 Å². The lowest BCUT2D eigenvalue weighted by molar-refractivity contribution is 0.475. The van der Waals surface area contributed by atoms with E-state index in [0.717, 1.165) is 28.3 Å². The Balaban J connectivity index is 2.12. The predicted octanol–water partition coefficient (Wildman–Crippen LogP) is 2.54. The van der Waals surface area contributed by atoms with Gasteiger partial charge in [-0.2, -0.15) is 11.8 Å². The van der Waals surface area contributed by atoms with Crippen LogP contribution >= 0.6 is 23.4 Å². The summed E-state index contributed by atoms with van der Waals surface area (Å²) in [4.78, 5) is 8.94. The Labute approximate surface area is 119 Å². The number of halogens is 1. The molecule has 3 rings (SSSR count). The van der Waals surface area contributed by atoms with Crippen LogP contribution in [0, 0.1) is 0 Å². The fraction of sp³-hybridized carbons (Fsp3) is 0.167. The van der Waals surface area contributed by atoms with E-state index >= 15 is 0 Å². The maximum atomic E-state index is 9.44. The molecule has 1 aliphatic rings. The number of phenols is 1. The molecule has 0 fully saturated rings. The van der Waals surface area contributed by atoms with Crippen LogP contribution in [0.25, 0.3) is 11.4 Å². The number of nitrogens with one attached hydrogen (secondary N) is 1. The number of nitrogen functional groups attached to an aromatic ring is 1. The Bertz CT molecular complexity index is 650. The zero-order valence-electron chi connectivity index (χ0n) is 9.85. The minimum Gasteiger partial charge on any atom is -0.506 e. The van der Waals surface area contributed by atoms with Crippen LogP contribution in [0.3, 0.4) is 0 Å². The van der Waals surface area contributed by atoms with E-state index in [9.17, 15) is 5.11 Å². The molecule has 0 radical (unpaired) electrons. The number of aromatic nitrogens is 2. The van der Waals surface area contributed by atoms with Gasteiger partial charge in [0.15, 0.2) is 5.82 Å². The number of rotatable bonds is 2. The molecule has 1 aromatic carbocycles. The zero-order chi connectivity index (χ0) is 13.4. The van der Waals surface area contributed by atoms with Crippen molar-refractivity contribution in [3.8, 4) is 17.1 Å². The number of nitrogens with zero attached hydrogens (tertiary/aromatic N) is 2. The Hall–Kier alpha value is -1.50. The van der Waals surface area contributed by atoms with Gasteiger partial charge in [0, 0.05) is 22.6 Å². The Kier molecular flexibility index (Phi) is 3.22. The summed E-state index contributed by atoms with van der Waals surface area (Å²) >= 11 is 7.68. The Morgan fingerprint density at radius 2 is 2.16 bits per heavy atom. The minimum atomic E-state index is 0.0410. The van der Waals surface area contributed by atoms with Crippen molar-refractivity contribution < 1.29 is 5.11 Å². The van der Waals surface area contributed by atoms with Crippen molar-refractivity contribution in [3.05, 3.63) is 34.5 Å². The normalized spacial score (nSPS) is 13.4. The first-order valence-electron chi connectivity index (χ1n) is 5.62. The first-order chi connectivity index (χ1) is 9.19. The molecule has 4 N–H and O–H groups in total. The smallest absolute Gasteiger partial charge is 0.161 e. The van der Waals surface area contributed by atoms with Gasteiger partial charge in [-0.3, -0.25) is 0 Å². The maximum Gasteiger partial charge on any atom is 0.161 e. The van der Waals surface area contributed by atoms with E-state index in [2.05, 4.69) is 15.4 Å². The molecule has 0 amide bonds. The van der Waals surface area contributed by atoms with Crippen molar-refractivity contribution in [2.45, 2.75) is 11.5 Å². The van der Waals surface area contributed by atoms with Gasteiger partial charge in [0.25, 0.3) is 0 Å². The van der Waals surface area contributed by atoms with Gasteiger partial charge in [-0.15, -0.1) is 0 Å². The average Bonchev–Trinajstić information content (AvgIpc) is 2.89. The molecule has 0 spiro atoms. The van der Waals surface area contributed by atoms with Crippen LogP contribution in [0.2, 0.25) is 5.02 Å². The van der Waals surface area contributed by atoms with E-state index in [0.29, 0.717) is 11.6 Å². The topological polar surface area (TPSA) is 84.1 Å². The predicted molar refractivity (Wildman–Crippen MR) is 77.0 cm³/mol. The fourth-order valence-electron chi connectivity index (χ4n) is 1.95. The molecule has 1 aliphatic heterocycles. The molecular formula is C12H11ClN4OS. The van der Waals surface area contributed by atoms with Crippen molar-refractivity contribution in [3.63, 3.8) is 0 Å². The van der Waals surface area contributed by atoms with Gasteiger partial charge >= 0.3 is 0 Å². The quantitative estimate of drug-likeness (QED) is 0.583. The maximum absolute atomic E-state index is 9.44. The van der Waals surface area contributed by atoms with Gasteiger partial charge in [0.05, 0.1) is 10.7 Å². The molecule has 0 atom stereocenters. The number of anilines is 1. The summed E-state index contributed by atoms with van der Waals surface area (Å²) in [6.45, 7) is 0. The number of hydrazine groups is 1. The molecule has 0 aliphatic carbocycles. The number of aromatic hydroxyl groups is 1. The third-order valence-electron chi connectivity index (χ3n) is 2.92. The molecule has 5 nitrogen and oxygen atoms in total. The van der Waals surface area contributed by atoms with Crippen LogP contribution in [-0.4, -0.2) is 15.1 Å². The summed E-state index contributed by atoms with van der Waals surface area (Å²) in [7, 11) is 0. The molecule has 19 heavy (non-hydrogen) atoms. The monoisotopic (exact) mass is 294 g/mol. The highest BCUT2D eigenvalue weighted by atomic mass is 35.5. The van der Waals surface area contributed by atoms with Crippen molar-refractivity contribution in [1.82, 2.24) is 9.97 Å². The lowest BCUT2D eigenvalue weighted by Gasteiger charge is -2.09. The molecule has 0 saturated heterocycles. The second-order valence-electron chi connectivity index (χ2n) is 4.12. The molecule has 0 bridgehead atoms. The van der Waals surface area contributed by atoms with E-state index in [1.54, 1.807) is 23.9 Å². The Morgan fingerprint density at radius 3 is 2.89 bits per heavy atom. The first kappa shape index (κ1) is 12.5. The molecule has 2 heterocycles.